The van der Waals surface area contributed by atoms with Gasteiger partial charge in [0.2, 0.25) is 5.91 Å². The van der Waals surface area contributed by atoms with Gasteiger partial charge in [-0.05, 0) is 57.7 Å². The highest BCUT2D eigenvalue weighted by Gasteiger charge is 2.25. The van der Waals surface area contributed by atoms with Crippen LogP contribution in [0.1, 0.15) is 44.0 Å². The molecule has 3 rings (SSSR count). The largest absolute Gasteiger partial charge is 0.456 e. The van der Waals surface area contributed by atoms with Crippen LogP contribution < -0.4 is 10.2 Å². The van der Waals surface area contributed by atoms with Crippen molar-refractivity contribution in [3.8, 4) is 0 Å². The lowest BCUT2D eigenvalue weighted by Gasteiger charge is -2.34. The summed E-state index contributed by atoms with van der Waals surface area (Å²) in [6, 6.07) is 6.98. The number of halogens is 1. The minimum Gasteiger partial charge on any atom is -0.456 e. The zero-order valence-electron chi connectivity index (χ0n) is 19.7. The number of amides is 1. The number of benzene rings is 1. The maximum absolute atomic E-state index is 12.7. The second-order valence-corrected chi connectivity index (χ2v) is 9.67. The predicted molar refractivity (Wildman–Crippen MR) is 130 cm³/mol. The molecular weight excluding hydrogens is 442 g/mol. The number of hydrogen-bond donors (Lipinski definition) is 1. The fourth-order valence-electron chi connectivity index (χ4n) is 3.80. The lowest BCUT2D eigenvalue weighted by atomic mass is 9.96. The summed E-state index contributed by atoms with van der Waals surface area (Å²) in [5, 5.41) is 3.34. The number of nitrogens with one attached hydrogen (secondary N) is 1. The van der Waals surface area contributed by atoms with E-state index in [2.05, 4.69) is 20.2 Å². The Bertz CT molecular complexity index is 956. The van der Waals surface area contributed by atoms with E-state index in [4.69, 9.17) is 16.3 Å². The van der Waals surface area contributed by atoms with E-state index in [0.717, 1.165) is 25.2 Å². The van der Waals surface area contributed by atoms with Gasteiger partial charge in [-0.2, -0.15) is 0 Å². The minimum absolute atomic E-state index is 0.0105. The Kier molecular flexibility index (Phi) is 8.13. The van der Waals surface area contributed by atoms with Gasteiger partial charge in [-0.15, -0.1) is 0 Å². The van der Waals surface area contributed by atoms with Crippen LogP contribution >= 0.6 is 11.6 Å². The van der Waals surface area contributed by atoms with E-state index in [1.54, 1.807) is 51.5 Å². The summed E-state index contributed by atoms with van der Waals surface area (Å²) >= 11 is 6.42. The maximum atomic E-state index is 12.7. The molecule has 1 aliphatic rings. The minimum atomic E-state index is -0.616. The van der Waals surface area contributed by atoms with Gasteiger partial charge in [0.15, 0.2) is 0 Å². The fraction of sp³-hybridized carbons (Fsp3) is 0.500. The summed E-state index contributed by atoms with van der Waals surface area (Å²) < 4.78 is 5.41. The van der Waals surface area contributed by atoms with Crippen molar-refractivity contribution in [1.82, 2.24) is 14.9 Å². The Labute approximate surface area is 200 Å². The number of rotatable bonds is 7. The van der Waals surface area contributed by atoms with Crippen molar-refractivity contribution in [3.05, 3.63) is 47.4 Å². The molecule has 0 unspecified atom stereocenters. The summed E-state index contributed by atoms with van der Waals surface area (Å²) in [5.41, 5.74) is 0.197. The van der Waals surface area contributed by atoms with Crippen molar-refractivity contribution in [2.24, 2.45) is 5.92 Å². The van der Waals surface area contributed by atoms with Gasteiger partial charge >= 0.3 is 5.97 Å². The van der Waals surface area contributed by atoms with Crippen LogP contribution in [0.25, 0.3) is 0 Å². The molecule has 0 bridgehead atoms. The number of aromatic nitrogens is 2. The number of carbonyl (C=O) groups excluding carboxylic acids is 2. The molecule has 0 atom stereocenters. The highest BCUT2D eigenvalue weighted by atomic mass is 35.5. The molecular formula is C24H32ClN5O3. The molecule has 1 amide bonds. The monoisotopic (exact) mass is 473 g/mol. The zero-order valence-corrected chi connectivity index (χ0v) is 20.4. The Hall–Kier alpha value is -2.87. The first-order chi connectivity index (χ1) is 15.6. The van der Waals surface area contributed by atoms with Gasteiger partial charge < -0.3 is 19.9 Å². The number of carbonyl (C=O) groups is 2. The number of hydrogen-bond acceptors (Lipinski definition) is 7. The number of nitrogens with zero attached hydrogens (tertiary/aromatic N) is 4. The van der Waals surface area contributed by atoms with Crippen LogP contribution in [0, 0.1) is 5.92 Å². The third-order valence-corrected chi connectivity index (χ3v) is 5.91. The SMILES string of the molecule is CN(CC1CCN(C(=O)CNc2cccc(C(=O)OC(C)(C)C)c2Cl)CC1)c1ccncn1. The molecule has 0 saturated carbocycles. The molecule has 1 saturated heterocycles. The van der Waals surface area contributed by atoms with Crippen molar-refractivity contribution in [1.29, 1.82) is 0 Å². The number of ether oxygens (including phenoxy) is 1. The summed E-state index contributed by atoms with van der Waals surface area (Å²) in [5.74, 6) is 0.924. The number of likely N-dealkylation sites (tertiary alicyclic amines) is 1. The van der Waals surface area contributed by atoms with Gasteiger partial charge in [0.25, 0.3) is 0 Å². The second kappa shape index (κ2) is 10.8. The molecule has 2 aromatic rings. The van der Waals surface area contributed by atoms with Crippen LogP contribution in [-0.4, -0.2) is 65.6 Å². The number of esters is 1. The average Bonchev–Trinajstić information content (AvgIpc) is 2.78. The summed E-state index contributed by atoms with van der Waals surface area (Å²) in [6.45, 7) is 7.85. The molecule has 0 aliphatic carbocycles. The Morgan fingerprint density at radius 2 is 1.97 bits per heavy atom. The topological polar surface area (TPSA) is 87.7 Å². The molecule has 1 aromatic heterocycles. The lowest BCUT2D eigenvalue weighted by molar-refractivity contribution is -0.130. The molecule has 1 aromatic carbocycles. The Morgan fingerprint density at radius 1 is 1.24 bits per heavy atom. The highest BCUT2D eigenvalue weighted by molar-refractivity contribution is 6.36. The molecule has 33 heavy (non-hydrogen) atoms. The van der Waals surface area contributed by atoms with Crippen LogP contribution in [0.5, 0.6) is 0 Å². The van der Waals surface area contributed by atoms with E-state index in [-0.39, 0.29) is 23.0 Å². The second-order valence-electron chi connectivity index (χ2n) is 9.29. The zero-order chi connectivity index (χ0) is 24.0. The molecule has 1 fully saturated rings. The first-order valence-electron chi connectivity index (χ1n) is 11.1. The molecule has 9 heteroatoms. The van der Waals surface area contributed by atoms with Crippen molar-refractivity contribution in [2.75, 3.05) is 43.4 Å². The standard InChI is InChI=1S/C24H32ClN5O3/c1-24(2,3)33-23(32)18-6-5-7-19(22(18)25)27-14-21(31)30-12-9-17(10-13-30)15-29(4)20-8-11-26-16-28-20/h5-8,11,16-17,27H,9-10,12-15H2,1-4H3. The lowest BCUT2D eigenvalue weighted by Crippen LogP contribution is -2.43. The van der Waals surface area contributed by atoms with E-state index < -0.39 is 11.6 Å². The molecule has 2 heterocycles. The average molecular weight is 474 g/mol. The van der Waals surface area contributed by atoms with Crippen LogP contribution in [0.3, 0.4) is 0 Å². The van der Waals surface area contributed by atoms with Gasteiger partial charge in [-0.25, -0.2) is 14.8 Å². The third kappa shape index (κ3) is 7.05. The molecule has 1 N–H and O–H groups in total. The summed E-state index contributed by atoms with van der Waals surface area (Å²) in [4.78, 5) is 37.4. The van der Waals surface area contributed by atoms with Gasteiger partial charge in [0, 0.05) is 32.9 Å². The Morgan fingerprint density at radius 3 is 2.61 bits per heavy atom. The van der Waals surface area contributed by atoms with E-state index in [0.29, 0.717) is 24.7 Å². The van der Waals surface area contributed by atoms with Crippen molar-refractivity contribution in [3.63, 3.8) is 0 Å². The first-order valence-corrected chi connectivity index (χ1v) is 11.5. The van der Waals surface area contributed by atoms with Crippen LogP contribution in [0.4, 0.5) is 11.5 Å². The molecule has 0 spiro atoms. The normalized spacial score (nSPS) is 14.6. The van der Waals surface area contributed by atoms with Crippen LogP contribution in [-0.2, 0) is 9.53 Å². The van der Waals surface area contributed by atoms with E-state index in [1.807, 2.05) is 18.0 Å². The number of piperidine rings is 1. The number of anilines is 2. The third-order valence-electron chi connectivity index (χ3n) is 5.50. The van der Waals surface area contributed by atoms with Gasteiger partial charge in [0.05, 0.1) is 22.8 Å². The summed E-state index contributed by atoms with van der Waals surface area (Å²) in [6.07, 6.45) is 5.17. The van der Waals surface area contributed by atoms with Crippen LogP contribution in [0.15, 0.2) is 36.8 Å². The molecule has 178 valence electrons. The van der Waals surface area contributed by atoms with E-state index in [1.165, 1.54) is 0 Å². The van der Waals surface area contributed by atoms with E-state index in [9.17, 15) is 9.59 Å². The predicted octanol–water partition coefficient (Wildman–Crippen LogP) is 3.87. The van der Waals surface area contributed by atoms with E-state index >= 15 is 0 Å². The Balaban J connectivity index is 1.49. The summed E-state index contributed by atoms with van der Waals surface area (Å²) in [7, 11) is 2.03. The van der Waals surface area contributed by atoms with Crippen molar-refractivity contribution >= 4 is 35.0 Å². The quantitative estimate of drug-likeness (QED) is 0.610. The van der Waals surface area contributed by atoms with Gasteiger partial charge in [0.1, 0.15) is 17.7 Å². The van der Waals surface area contributed by atoms with Crippen LogP contribution in [0.2, 0.25) is 5.02 Å². The smallest absolute Gasteiger partial charge is 0.340 e. The maximum Gasteiger partial charge on any atom is 0.340 e. The molecule has 8 nitrogen and oxygen atoms in total. The van der Waals surface area contributed by atoms with Crippen molar-refractivity contribution < 1.29 is 14.3 Å². The van der Waals surface area contributed by atoms with Crippen molar-refractivity contribution in [2.45, 2.75) is 39.2 Å². The highest BCUT2D eigenvalue weighted by Crippen LogP contribution is 2.28. The molecule has 0 radical (unpaired) electrons. The first kappa shape index (κ1) is 24.8. The fourth-order valence-corrected chi connectivity index (χ4v) is 4.07. The molecule has 1 aliphatic heterocycles. The van der Waals surface area contributed by atoms with Gasteiger partial charge in [-0.1, -0.05) is 17.7 Å². The van der Waals surface area contributed by atoms with Gasteiger partial charge in [-0.3, -0.25) is 4.79 Å².